The van der Waals surface area contributed by atoms with Crippen LogP contribution in [-0.2, 0) is 9.59 Å². The molecule has 0 aliphatic heterocycles. The van der Waals surface area contributed by atoms with Crippen LogP contribution in [-0.4, -0.2) is 30.0 Å². The van der Waals surface area contributed by atoms with E-state index in [0.29, 0.717) is 15.1 Å². The van der Waals surface area contributed by atoms with Gasteiger partial charge in [0, 0.05) is 26.7 Å². The highest BCUT2D eigenvalue weighted by Gasteiger charge is 2.17. The average molecular weight is 645 g/mol. The molecule has 0 fully saturated rings. The zero-order chi connectivity index (χ0) is 30.2. The van der Waals surface area contributed by atoms with E-state index in [2.05, 4.69) is 15.8 Å². The van der Waals surface area contributed by atoms with Crippen molar-refractivity contribution in [3.05, 3.63) is 122 Å². The number of hydrogen-bond donors (Lipinski definition) is 2. The number of benzene rings is 4. The lowest BCUT2D eigenvalue weighted by Gasteiger charge is -2.11. The van der Waals surface area contributed by atoms with Crippen LogP contribution in [0.4, 0.5) is 5.69 Å². The van der Waals surface area contributed by atoms with E-state index >= 15 is 0 Å². The summed E-state index contributed by atoms with van der Waals surface area (Å²) >= 11 is 23.7. The Morgan fingerprint density at radius 2 is 1.21 bits per heavy atom. The predicted octanol–water partition coefficient (Wildman–Crippen LogP) is 6.83. The van der Waals surface area contributed by atoms with Crippen LogP contribution in [0.1, 0.15) is 26.3 Å². The number of halogens is 4. The number of ether oxygens (including phenoxy) is 2. The van der Waals surface area contributed by atoms with Crippen molar-refractivity contribution in [3.8, 4) is 11.5 Å². The lowest BCUT2D eigenvalue weighted by atomic mass is 10.2. The Morgan fingerprint density at radius 3 is 1.83 bits per heavy atom. The number of amides is 2. The van der Waals surface area contributed by atoms with Crippen LogP contribution in [0.25, 0.3) is 0 Å². The summed E-state index contributed by atoms with van der Waals surface area (Å²) in [7, 11) is 0. The van der Waals surface area contributed by atoms with Crippen LogP contribution in [0.5, 0.6) is 11.5 Å². The van der Waals surface area contributed by atoms with Gasteiger partial charge in [-0.1, -0.05) is 46.4 Å². The first-order valence-electron chi connectivity index (χ1n) is 11.8. The van der Waals surface area contributed by atoms with Gasteiger partial charge in [-0.25, -0.2) is 15.0 Å². The number of nitrogens with zero attached hydrogens (tertiary/aromatic N) is 1. The van der Waals surface area contributed by atoms with Gasteiger partial charge in [0.2, 0.25) is 0 Å². The van der Waals surface area contributed by atoms with Crippen LogP contribution in [0.3, 0.4) is 0 Å². The van der Waals surface area contributed by atoms with Crippen molar-refractivity contribution in [1.29, 1.82) is 0 Å². The van der Waals surface area contributed by atoms with E-state index in [0.717, 1.165) is 6.21 Å². The minimum Gasteiger partial charge on any atom is -0.423 e. The fraction of sp³-hybridized carbons (Fsp3) is 0. The van der Waals surface area contributed by atoms with Crippen molar-refractivity contribution in [2.45, 2.75) is 0 Å². The lowest BCUT2D eigenvalue weighted by molar-refractivity contribution is -0.136. The molecule has 0 bridgehead atoms. The van der Waals surface area contributed by atoms with Gasteiger partial charge in [0.15, 0.2) is 0 Å². The summed E-state index contributed by atoms with van der Waals surface area (Å²) < 4.78 is 10.9. The quantitative estimate of drug-likeness (QED) is 0.0748. The standard InChI is InChI=1S/C29H17Cl4N3O6/c30-19-6-1-16(2-7-19)28(39)41-22-11-5-18(25(14-22)42-29(40)17-3-8-20(31)9-4-17)15-34-36-27(38)26(37)35-24-13-21(32)10-12-23(24)33/h1-15H,(H,35,37)(H,36,38)/b34-15-. The lowest BCUT2D eigenvalue weighted by Crippen LogP contribution is -2.32. The molecule has 4 aromatic rings. The summed E-state index contributed by atoms with van der Waals surface area (Å²) in [5, 5.41) is 7.44. The highest BCUT2D eigenvalue weighted by atomic mass is 35.5. The zero-order valence-corrected chi connectivity index (χ0v) is 24.1. The van der Waals surface area contributed by atoms with E-state index in [1.54, 1.807) is 0 Å². The summed E-state index contributed by atoms with van der Waals surface area (Å²) in [6.07, 6.45) is 1.13. The summed E-state index contributed by atoms with van der Waals surface area (Å²) in [5.41, 5.74) is 2.83. The molecular formula is C29H17Cl4N3O6. The van der Waals surface area contributed by atoms with E-state index in [-0.39, 0.29) is 38.9 Å². The van der Waals surface area contributed by atoms with Gasteiger partial charge in [0.1, 0.15) is 11.5 Å². The molecule has 0 unspecified atom stereocenters. The van der Waals surface area contributed by atoms with Crippen LogP contribution in [0, 0.1) is 0 Å². The zero-order valence-electron chi connectivity index (χ0n) is 21.1. The van der Waals surface area contributed by atoms with E-state index < -0.39 is 23.8 Å². The molecule has 0 heterocycles. The fourth-order valence-corrected chi connectivity index (χ4v) is 3.84. The van der Waals surface area contributed by atoms with Crippen LogP contribution < -0.4 is 20.2 Å². The van der Waals surface area contributed by atoms with Gasteiger partial charge in [-0.15, -0.1) is 0 Å². The van der Waals surface area contributed by atoms with E-state index in [1.807, 2.05) is 0 Å². The Labute approximate surface area is 258 Å². The first kappa shape index (κ1) is 30.5. The molecule has 212 valence electrons. The maximum absolute atomic E-state index is 12.8. The number of nitrogens with one attached hydrogen (secondary N) is 2. The SMILES string of the molecule is O=C(N/N=C\c1ccc(OC(=O)c2ccc(Cl)cc2)cc1OC(=O)c1ccc(Cl)cc1)C(=O)Nc1cc(Cl)ccc1Cl. The number of esters is 2. The van der Waals surface area contributed by atoms with Gasteiger partial charge >= 0.3 is 23.8 Å². The van der Waals surface area contributed by atoms with Gasteiger partial charge in [-0.3, -0.25) is 9.59 Å². The van der Waals surface area contributed by atoms with Gasteiger partial charge in [-0.2, -0.15) is 5.10 Å². The molecule has 42 heavy (non-hydrogen) atoms. The normalized spacial score (nSPS) is 10.7. The number of carbonyl (C=O) groups excluding carboxylic acids is 4. The van der Waals surface area contributed by atoms with Crippen molar-refractivity contribution >= 4 is 82.1 Å². The molecule has 0 saturated heterocycles. The summed E-state index contributed by atoms with van der Waals surface area (Å²) in [4.78, 5) is 49.9. The minimum atomic E-state index is -1.12. The molecule has 4 rings (SSSR count). The van der Waals surface area contributed by atoms with Crippen molar-refractivity contribution in [3.63, 3.8) is 0 Å². The molecule has 13 heteroatoms. The third-order valence-corrected chi connectivity index (χ3v) is 6.38. The van der Waals surface area contributed by atoms with E-state index in [1.165, 1.54) is 84.9 Å². The van der Waals surface area contributed by atoms with Gasteiger partial charge in [-0.05, 0) is 78.9 Å². The molecule has 0 aromatic heterocycles. The maximum Gasteiger partial charge on any atom is 0.343 e. The maximum atomic E-state index is 12.8. The van der Waals surface area contributed by atoms with Crippen molar-refractivity contribution in [2.75, 3.05) is 5.32 Å². The van der Waals surface area contributed by atoms with E-state index in [4.69, 9.17) is 55.9 Å². The van der Waals surface area contributed by atoms with Crippen molar-refractivity contribution in [1.82, 2.24) is 5.43 Å². The molecule has 0 saturated carbocycles. The number of rotatable bonds is 7. The Balaban J connectivity index is 1.52. The topological polar surface area (TPSA) is 123 Å². The Bertz CT molecular complexity index is 1690. The second-order valence-corrected chi connectivity index (χ2v) is 9.99. The van der Waals surface area contributed by atoms with Crippen LogP contribution >= 0.6 is 46.4 Å². The first-order valence-corrected chi connectivity index (χ1v) is 13.3. The second kappa shape index (κ2) is 14.0. The summed E-state index contributed by atoms with van der Waals surface area (Å²) in [5.74, 6) is -3.62. The molecule has 0 spiro atoms. The summed E-state index contributed by atoms with van der Waals surface area (Å²) in [6, 6.07) is 20.5. The number of hydrogen-bond acceptors (Lipinski definition) is 7. The summed E-state index contributed by atoms with van der Waals surface area (Å²) in [6.45, 7) is 0. The molecule has 0 aliphatic rings. The molecule has 0 aliphatic carbocycles. The minimum absolute atomic E-state index is 0.0489. The van der Waals surface area contributed by atoms with Crippen molar-refractivity contribution in [2.24, 2.45) is 5.10 Å². The average Bonchev–Trinajstić information content (AvgIpc) is 2.96. The van der Waals surface area contributed by atoms with Gasteiger partial charge in [0.05, 0.1) is 28.1 Å². The Hall–Kier alpha value is -4.41. The molecule has 2 N–H and O–H groups in total. The third kappa shape index (κ3) is 8.31. The molecule has 4 aromatic carbocycles. The van der Waals surface area contributed by atoms with E-state index in [9.17, 15) is 19.2 Å². The molecule has 2 amide bonds. The highest BCUT2D eigenvalue weighted by Crippen LogP contribution is 2.27. The smallest absolute Gasteiger partial charge is 0.343 e. The Morgan fingerprint density at radius 1 is 0.643 bits per heavy atom. The fourth-order valence-electron chi connectivity index (χ4n) is 3.25. The monoisotopic (exact) mass is 643 g/mol. The predicted molar refractivity (Wildman–Crippen MR) is 160 cm³/mol. The number of anilines is 1. The molecule has 0 radical (unpaired) electrons. The third-order valence-electron chi connectivity index (χ3n) is 5.31. The molecule has 0 atom stereocenters. The van der Waals surface area contributed by atoms with Crippen LogP contribution in [0.15, 0.2) is 90.0 Å². The molecule has 9 nitrogen and oxygen atoms in total. The second-order valence-electron chi connectivity index (χ2n) is 8.27. The number of carbonyl (C=O) groups is 4. The largest absolute Gasteiger partial charge is 0.423 e. The number of hydrazone groups is 1. The highest BCUT2D eigenvalue weighted by molar-refractivity contribution is 6.42. The van der Waals surface area contributed by atoms with Crippen LogP contribution in [0.2, 0.25) is 20.1 Å². The van der Waals surface area contributed by atoms with Gasteiger partial charge in [0.25, 0.3) is 0 Å². The Kier molecular flexibility index (Phi) is 10.2. The van der Waals surface area contributed by atoms with Gasteiger partial charge < -0.3 is 14.8 Å². The first-order chi connectivity index (χ1) is 20.1. The molecular weight excluding hydrogens is 628 g/mol. The van der Waals surface area contributed by atoms with Crippen molar-refractivity contribution < 1.29 is 28.7 Å².